The molecule has 0 aliphatic heterocycles. The highest BCUT2D eigenvalue weighted by molar-refractivity contribution is 7.19. The summed E-state index contributed by atoms with van der Waals surface area (Å²) in [5.74, 6) is -0.352. The highest BCUT2D eigenvalue weighted by Crippen LogP contribution is 2.32. The molecule has 2 N–H and O–H groups in total. The van der Waals surface area contributed by atoms with Gasteiger partial charge in [-0.2, -0.15) is 0 Å². The SMILES string of the molecule is Cn1cc(C(=O)NC[C@@](C)(O)c2cc3ccccc3s2)nn1. The van der Waals surface area contributed by atoms with Gasteiger partial charge in [-0.3, -0.25) is 9.48 Å². The van der Waals surface area contributed by atoms with Gasteiger partial charge in [-0.25, -0.2) is 0 Å². The van der Waals surface area contributed by atoms with Gasteiger partial charge in [0.2, 0.25) is 0 Å². The molecule has 1 atom stereocenters. The number of hydrogen-bond donors (Lipinski definition) is 2. The number of aliphatic hydroxyl groups is 1. The first-order valence-corrected chi connectivity index (χ1v) is 7.63. The molecule has 0 bridgehead atoms. The summed E-state index contributed by atoms with van der Waals surface area (Å²) in [4.78, 5) is 12.8. The molecule has 0 aliphatic carbocycles. The monoisotopic (exact) mass is 316 g/mol. The molecule has 7 heteroatoms. The molecular weight excluding hydrogens is 300 g/mol. The number of rotatable bonds is 4. The Bertz CT molecular complexity index is 789. The largest absolute Gasteiger partial charge is 0.383 e. The molecular formula is C15H16N4O2S. The zero-order valence-electron chi connectivity index (χ0n) is 12.3. The molecule has 0 radical (unpaired) electrons. The molecule has 6 nitrogen and oxygen atoms in total. The predicted octanol–water partition coefficient (Wildman–Crippen LogP) is 1.67. The molecule has 0 saturated carbocycles. The molecule has 114 valence electrons. The van der Waals surface area contributed by atoms with Crippen molar-refractivity contribution in [3.05, 3.63) is 47.1 Å². The highest BCUT2D eigenvalue weighted by atomic mass is 32.1. The summed E-state index contributed by atoms with van der Waals surface area (Å²) in [6.45, 7) is 1.80. The minimum atomic E-state index is -1.14. The number of benzene rings is 1. The van der Waals surface area contributed by atoms with Gasteiger partial charge in [0, 0.05) is 16.6 Å². The van der Waals surface area contributed by atoms with E-state index in [-0.39, 0.29) is 18.1 Å². The summed E-state index contributed by atoms with van der Waals surface area (Å²) in [5.41, 5.74) is -0.906. The van der Waals surface area contributed by atoms with Crippen molar-refractivity contribution in [1.29, 1.82) is 0 Å². The lowest BCUT2D eigenvalue weighted by Gasteiger charge is -2.21. The standard InChI is InChI=1S/C15H16N4O2S/c1-15(21,9-16-14(20)11-8-19(2)18-17-11)13-7-10-5-3-4-6-12(10)22-13/h3-8,21H,9H2,1-2H3,(H,16,20)/t15-/m1/s1. The Hall–Kier alpha value is -2.25. The minimum Gasteiger partial charge on any atom is -0.383 e. The fourth-order valence-corrected chi connectivity index (χ4v) is 3.24. The van der Waals surface area contributed by atoms with Crippen LogP contribution in [0.4, 0.5) is 0 Å². The van der Waals surface area contributed by atoms with Gasteiger partial charge in [0.25, 0.3) is 5.91 Å². The third-order valence-electron chi connectivity index (χ3n) is 3.38. The quantitative estimate of drug-likeness (QED) is 0.767. The van der Waals surface area contributed by atoms with Gasteiger partial charge >= 0.3 is 0 Å². The van der Waals surface area contributed by atoms with E-state index in [9.17, 15) is 9.90 Å². The van der Waals surface area contributed by atoms with Crippen LogP contribution in [0.5, 0.6) is 0 Å². The van der Waals surface area contributed by atoms with E-state index in [1.54, 1.807) is 14.0 Å². The van der Waals surface area contributed by atoms with Crippen LogP contribution in [-0.2, 0) is 12.6 Å². The number of carbonyl (C=O) groups is 1. The maximum Gasteiger partial charge on any atom is 0.273 e. The Balaban J connectivity index is 1.74. The van der Waals surface area contributed by atoms with Crippen LogP contribution in [0.1, 0.15) is 22.3 Å². The van der Waals surface area contributed by atoms with E-state index < -0.39 is 5.60 Å². The molecule has 2 heterocycles. The Morgan fingerprint density at radius 1 is 1.45 bits per heavy atom. The number of aryl methyl sites for hydroxylation is 1. The number of aromatic nitrogens is 3. The molecule has 0 fully saturated rings. The first-order chi connectivity index (χ1) is 10.5. The van der Waals surface area contributed by atoms with E-state index in [1.807, 2.05) is 30.3 Å². The van der Waals surface area contributed by atoms with E-state index in [1.165, 1.54) is 22.2 Å². The zero-order chi connectivity index (χ0) is 15.7. The average Bonchev–Trinajstić information content (AvgIpc) is 3.11. The van der Waals surface area contributed by atoms with Gasteiger partial charge in [0.1, 0.15) is 5.60 Å². The fraction of sp³-hybridized carbons (Fsp3) is 0.267. The Kier molecular flexibility index (Phi) is 3.67. The van der Waals surface area contributed by atoms with Gasteiger partial charge in [-0.15, -0.1) is 16.4 Å². The lowest BCUT2D eigenvalue weighted by atomic mass is 10.0. The number of fused-ring (bicyclic) bond motifs is 1. The molecule has 0 saturated heterocycles. The summed E-state index contributed by atoms with van der Waals surface area (Å²) in [6, 6.07) is 9.90. The summed E-state index contributed by atoms with van der Waals surface area (Å²) < 4.78 is 2.57. The lowest BCUT2D eigenvalue weighted by Crippen LogP contribution is -2.38. The Labute approximate surface area is 131 Å². The lowest BCUT2D eigenvalue weighted by molar-refractivity contribution is 0.0556. The number of thiophene rings is 1. The van der Waals surface area contributed by atoms with Crippen LogP contribution in [0.2, 0.25) is 0 Å². The first kappa shape index (κ1) is 14.7. The number of nitrogens with one attached hydrogen (secondary N) is 1. The first-order valence-electron chi connectivity index (χ1n) is 6.82. The van der Waals surface area contributed by atoms with Crippen LogP contribution in [0.25, 0.3) is 10.1 Å². The number of nitrogens with zero attached hydrogens (tertiary/aromatic N) is 3. The van der Waals surface area contributed by atoms with Crippen LogP contribution in [0.3, 0.4) is 0 Å². The van der Waals surface area contributed by atoms with E-state index in [2.05, 4.69) is 15.6 Å². The number of carbonyl (C=O) groups excluding carboxylic acids is 1. The Morgan fingerprint density at radius 3 is 2.91 bits per heavy atom. The molecule has 0 unspecified atom stereocenters. The van der Waals surface area contributed by atoms with Gasteiger partial charge in [0.05, 0.1) is 12.7 Å². The molecule has 3 aromatic rings. The summed E-state index contributed by atoms with van der Waals surface area (Å²) in [6.07, 6.45) is 1.53. The van der Waals surface area contributed by atoms with Crippen molar-refractivity contribution in [3.8, 4) is 0 Å². The van der Waals surface area contributed by atoms with Crippen molar-refractivity contribution in [3.63, 3.8) is 0 Å². The van der Waals surface area contributed by atoms with E-state index in [0.29, 0.717) is 0 Å². The molecule has 0 spiro atoms. The summed E-state index contributed by atoms with van der Waals surface area (Å²) >= 11 is 1.52. The predicted molar refractivity (Wildman–Crippen MR) is 84.7 cm³/mol. The third-order valence-corrected chi connectivity index (χ3v) is 4.75. The number of amides is 1. The molecule has 22 heavy (non-hydrogen) atoms. The fourth-order valence-electron chi connectivity index (χ4n) is 2.13. The van der Waals surface area contributed by atoms with Crippen LogP contribution >= 0.6 is 11.3 Å². The second kappa shape index (κ2) is 5.51. The molecule has 2 aromatic heterocycles. The zero-order valence-corrected chi connectivity index (χ0v) is 13.1. The van der Waals surface area contributed by atoms with Crippen molar-refractivity contribution in [2.75, 3.05) is 6.54 Å². The van der Waals surface area contributed by atoms with Gasteiger partial charge in [-0.05, 0) is 24.4 Å². The van der Waals surface area contributed by atoms with Crippen molar-refractivity contribution < 1.29 is 9.90 Å². The second-order valence-electron chi connectivity index (χ2n) is 5.38. The maximum absolute atomic E-state index is 12.0. The van der Waals surface area contributed by atoms with Crippen LogP contribution in [0, 0.1) is 0 Å². The van der Waals surface area contributed by atoms with Crippen LogP contribution in [-0.4, -0.2) is 32.6 Å². The number of hydrogen-bond acceptors (Lipinski definition) is 5. The van der Waals surface area contributed by atoms with Gasteiger partial charge < -0.3 is 10.4 Å². The summed E-state index contributed by atoms with van der Waals surface area (Å²) in [5, 5.41) is 21.9. The second-order valence-corrected chi connectivity index (χ2v) is 6.47. The van der Waals surface area contributed by atoms with Crippen LogP contribution < -0.4 is 5.32 Å². The minimum absolute atomic E-state index is 0.106. The Morgan fingerprint density at radius 2 is 2.23 bits per heavy atom. The summed E-state index contributed by atoms with van der Waals surface area (Å²) in [7, 11) is 1.69. The van der Waals surface area contributed by atoms with E-state index >= 15 is 0 Å². The van der Waals surface area contributed by atoms with Crippen molar-refractivity contribution in [2.24, 2.45) is 7.05 Å². The van der Waals surface area contributed by atoms with E-state index in [4.69, 9.17) is 0 Å². The van der Waals surface area contributed by atoms with Crippen molar-refractivity contribution in [1.82, 2.24) is 20.3 Å². The molecule has 1 aromatic carbocycles. The third kappa shape index (κ3) is 2.86. The van der Waals surface area contributed by atoms with Crippen molar-refractivity contribution >= 4 is 27.3 Å². The van der Waals surface area contributed by atoms with E-state index in [0.717, 1.165) is 15.0 Å². The topological polar surface area (TPSA) is 80.0 Å². The smallest absolute Gasteiger partial charge is 0.273 e. The van der Waals surface area contributed by atoms with Crippen molar-refractivity contribution in [2.45, 2.75) is 12.5 Å². The molecule has 0 aliphatic rings. The highest BCUT2D eigenvalue weighted by Gasteiger charge is 2.26. The normalized spacial score (nSPS) is 14.0. The van der Waals surface area contributed by atoms with Crippen LogP contribution in [0.15, 0.2) is 36.5 Å². The van der Waals surface area contributed by atoms with Gasteiger partial charge in [-0.1, -0.05) is 23.4 Å². The average molecular weight is 316 g/mol. The molecule has 3 rings (SSSR count). The molecule has 1 amide bonds. The van der Waals surface area contributed by atoms with Gasteiger partial charge in [0.15, 0.2) is 5.69 Å². The maximum atomic E-state index is 12.0.